The monoisotopic (exact) mass is 426 g/mol. The molecule has 0 aliphatic carbocycles. The molecule has 0 aliphatic heterocycles. The summed E-state index contributed by atoms with van der Waals surface area (Å²) in [5.74, 6) is -35.4. The van der Waals surface area contributed by atoms with Gasteiger partial charge in [-0.3, -0.25) is 0 Å². The van der Waals surface area contributed by atoms with E-state index >= 15 is 0 Å². The maximum atomic E-state index is 13.2. The fourth-order valence-electron chi connectivity index (χ4n) is 1.57. The molecule has 0 atom stereocenters. The lowest BCUT2D eigenvalue weighted by atomic mass is 10.2. The third kappa shape index (κ3) is 3.21. The molecule has 1 aromatic carbocycles. The van der Waals surface area contributed by atoms with E-state index in [1.807, 2.05) is 0 Å². The van der Waals surface area contributed by atoms with Gasteiger partial charge in [-0.15, -0.1) is 0 Å². The largest absolute Gasteiger partial charge is 0.496 e. The van der Waals surface area contributed by atoms with E-state index in [4.69, 9.17) is 0 Å². The summed E-state index contributed by atoms with van der Waals surface area (Å²) in [6.07, 6.45) is 0. The molecule has 0 nitrogen and oxygen atoms in total. The molecule has 1 aromatic rings. The molecule has 0 bridgehead atoms. The molecule has 0 radical (unpaired) electrons. The standard InChI is InChI=1S/C11F14Si/c12-4-3(5(13)7(15)8(16)6(4)14)1-2-26(9(17,18)19,10(20,21)22)11(23,24)25. The Labute approximate surface area is 134 Å². The van der Waals surface area contributed by atoms with Crippen LogP contribution in [0.2, 0.25) is 0 Å². The van der Waals surface area contributed by atoms with Crippen molar-refractivity contribution >= 4 is 8.07 Å². The summed E-state index contributed by atoms with van der Waals surface area (Å²) < 4.78 is 178. The Morgan fingerprint density at radius 3 is 1.04 bits per heavy atom. The molecule has 0 aromatic heterocycles. The third-order valence-corrected chi connectivity index (χ3v) is 5.91. The number of alkyl halides is 9. The average Bonchev–Trinajstić information content (AvgIpc) is 2.42. The second kappa shape index (κ2) is 6.32. The highest BCUT2D eigenvalue weighted by Gasteiger charge is 2.87. The quantitative estimate of drug-likeness (QED) is 0.180. The topological polar surface area (TPSA) is 0 Å². The van der Waals surface area contributed by atoms with E-state index in [0.29, 0.717) is 0 Å². The molecular weight excluding hydrogens is 426 g/mol. The van der Waals surface area contributed by atoms with Crippen LogP contribution in [-0.4, -0.2) is 25.5 Å². The Bertz CT molecular complexity index is 707. The Hall–Kier alpha value is -1.98. The first-order chi connectivity index (χ1) is 11.4. The maximum Gasteiger partial charge on any atom is 0.496 e. The fraction of sp³-hybridized carbons (Fsp3) is 0.273. The molecule has 0 spiro atoms. The van der Waals surface area contributed by atoms with Gasteiger partial charge in [0.05, 0.1) is 0 Å². The Morgan fingerprint density at radius 1 is 0.500 bits per heavy atom. The van der Waals surface area contributed by atoms with Gasteiger partial charge in [0.2, 0.25) is 5.82 Å². The molecule has 0 amide bonds. The van der Waals surface area contributed by atoms with Crippen molar-refractivity contribution in [2.24, 2.45) is 0 Å². The molecule has 0 N–H and O–H groups in total. The van der Waals surface area contributed by atoms with Gasteiger partial charge in [0.15, 0.2) is 23.3 Å². The number of halogens is 14. The molecule has 15 heteroatoms. The van der Waals surface area contributed by atoms with Crippen molar-refractivity contribution in [3.05, 3.63) is 34.6 Å². The summed E-state index contributed by atoms with van der Waals surface area (Å²) >= 11 is 0. The van der Waals surface area contributed by atoms with E-state index in [1.54, 1.807) is 0 Å². The number of rotatable bonds is 0. The molecule has 0 saturated carbocycles. The summed E-state index contributed by atoms with van der Waals surface area (Å²) in [5.41, 5.74) is -2.86. The van der Waals surface area contributed by atoms with E-state index in [-0.39, 0.29) is 11.5 Å². The van der Waals surface area contributed by atoms with Crippen molar-refractivity contribution < 1.29 is 61.5 Å². The second-order valence-corrected chi connectivity index (χ2v) is 7.89. The highest BCUT2D eigenvalue weighted by Crippen LogP contribution is 2.49. The molecule has 26 heavy (non-hydrogen) atoms. The second-order valence-electron chi connectivity index (χ2n) is 4.44. The van der Waals surface area contributed by atoms with Gasteiger partial charge >= 0.3 is 25.5 Å². The molecule has 0 heterocycles. The molecular formula is C11F14Si. The van der Waals surface area contributed by atoms with Crippen molar-refractivity contribution in [3.63, 3.8) is 0 Å². The predicted molar refractivity (Wildman–Crippen MR) is 57.0 cm³/mol. The SMILES string of the molecule is Fc1c(F)c(F)c(C#C[Si](C(F)(F)F)(C(F)(F)F)C(F)(F)F)c(F)c1F. The highest BCUT2D eigenvalue weighted by molar-refractivity contribution is 6.92. The predicted octanol–water partition coefficient (Wildman–Crippen LogP) is 5.03. The average molecular weight is 426 g/mol. The number of benzene rings is 1. The van der Waals surface area contributed by atoms with Crippen LogP contribution in [-0.2, 0) is 0 Å². The minimum Gasteiger partial charge on any atom is -0.202 e. The van der Waals surface area contributed by atoms with E-state index in [1.165, 1.54) is 0 Å². The lowest BCUT2D eigenvalue weighted by Gasteiger charge is -2.31. The summed E-state index contributed by atoms with van der Waals surface area (Å²) in [6, 6.07) is 0. The summed E-state index contributed by atoms with van der Waals surface area (Å²) in [6.45, 7) is 0. The van der Waals surface area contributed by atoms with Crippen LogP contribution in [0.25, 0.3) is 0 Å². The van der Waals surface area contributed by atoms with Crippen LogP contribution >= 0.6 is 0 Å². The Morgan fingerprint density at radius 2 is 0.769 bits per heavy atom. The van der Waals surface area contributed by atoms with Gasteiger partial charge in [-0.2, -0.15) is 39.5 Å². The molecule has 146 valence electrons. The molecule has 0 aliphatic rings. The van der Waals surface area contributed by atoms with E-state index in [2.05, 4.69) is 0 Å². The lowest BCUT2D eigenvalue weighted by molar-refractivity contribution is -0.158. The maximum absolute atomic E-state index is 13.2. The minimum absolute atomic E-state index is 0.206. The van der Waals surface area contributed by atoms with Gasteiger partial charge in [-0.05, 0) is 0 Å². The highest BCUT2D eigenvalue weighted by atomic mass is 28.3. The van der Waals surface area contributed by atoms with E-state index < -0.39 is 60.1 Å². The van der Waals surface area contributed by atoms with Crippen LogP contribution in [0.1, 0.15) is 5.56 Å². The first-order valence-corrected chi connectivity index (χ1v) is 7.65. The lowest BCUT2D eigenvalue weighted by Crippen LogP contribution is -2.71. The van der Waals surface area contributed by atoms with Gasteiger partial charge < -0.3 is 0 Å². The minimum atomic E-state index is -8.71. The summed E-state index contributed by atoms with van der Waals surface area (Å²) in [7, 11) is -8.71. The zero-order valence-corrected chi connectivity index (χ0v) is 12.3. The van der Waals surface area contributed by atoms with Crippen LogP contribution in [0.3, 0.4) is 0 Å². The Kier molecular flexibility index (Phi) is 5.36. The van der Waals surface area contributed by atoms with Crippen molar-refractivity contribution in [1.82, 2.24) is 0 Å². The zero-order valence-electron chi connectivity index (χ0n) is 11.3. The zero-order chi connectivity index (χ0) is 20.9. The van der Waals surface area contributed by atoms with Crippen molar-refractivity contribution in [1.29, 1.82) is 0 Å². The molecule has 0 fully saturated rings. The van der Waals surface area contributed by atoms with Gasteiger partial charge in [-0.1, -0.05) is 11.5 Å². The van der Waals surface area contributed by atoms with Gasteiger partial charge in [-0.25, -0.2) is 22.0 Å². The first kappa shape index (κ1) is 22.1. The van der Waals surface area contributed by atoms with Crippen molar-refractivity contribution in [3.8, 4) is 11.5 Å². The summed E-state index contributed by atoms with van der Waals surface area (Å²) in [5, 5.41) is 0. The first-order valence-electron chi connectivity index (χ1n) is 5.65. The van der Waals surface area contributed by atoms with Crippen molar-refractivity contribution in [2.75, 3.05) is 0 Å². The Balaban J connectivity index is 3.93. The third-order valence-electron chi connectivity index (χ3n) is 2.86. The van der Waals surface area contributed by atoms with E-state index in [0.717, 1.165) is 0 Å². The van der Waals surface area contributed by atoms with Crippen LogP contribution in [0, 0.1) is 40.6 Å². The number of hydrogen-bond acceptors (Lipinski definition) is 0. The summed E-state index contributed by atoms with van der Waals surface area (Å²) in [4.78, 5) is 0. The fourth-order valence-corrected chi connectivity index (χ4v) is 3.27. The molecule has 0 saturated heterocycles. The van der Waals surface area contributed by atoms with Crippen LogP contribution in [0.15, 0.2) is 0 Å². The van der Waals surface area contributed by atoms with Crippen LogP contribution in [0.4, 0.5) is 61.5 Å². The normalized spacial score (nSPS) is 13.5. The van der Waals surface area contributed by atoms with Crippen LogP contribution in [0.5, 0.6) is 0 Å². The van der Waals surface area contributed by atoms with Gasteiger partial charge in [0.1, 0.15) is 5.56 Å². The van der Waals surface area contributed by atoms with Crippen LogP contribution < -0.4 is 0 Å². The van der Waals surface area contributed by atoms with E-state index in [9.17, 15) is 61.5 Å². The van der Waals surface area contributed by atoms with Gasteiger partial charge in [0, 0.05) is 0 Å². The van der Waals surface area contributed by atoms with Gasteiger partial charge in [0.25, 0.3) is 0 Å². The van der Waals surface area contributed by atoms with Crippen molar-refractivity contribution in [2.45, 2.75) is 17.4 Å². The number of hydrogen-bond donors (Lipinski definition) is 0. The molecule has 1 rings (SSSR count). The smallest absolute Gasteiger partial charge is 0.202 e. The molecule has 0 unspecified atom stereocenters.